The maximum Gasteiger partial charge on any atom is 0.229 e. The van der Waals surface area contributed by atoms with Crippen LogP contribution in [0.1, 0.15) is 25.7 Å². The van der Waals surface area contributed by atoms with Crippen LogP contribution in [0.5, 0.6) is 0 Å². The maximum absolute atomic E-state index is 13.0. The van der Waals surface area contributed by atoms with E-state index in [-0.39, 0.29) is 18.2 Å². The van der Waals surface area contributed by atoms with Crippen molar-refractivity contribution >= 4 is 50.9 Å². The van der Waals surface area contributed by atoms with Crippen LogP contribution in [-0.2, 0) is 9.59 Å². The SMILES string of the molecule is CN(C)c1nc(N2CCCCC2)ncc1NC(=O)C1CC(=O)N(c2cccc(Br)c2)C1. The summed E-state index contributed by atoms with van der Waals surface area (Å²) in [5, 5.41) is 2.96. The minimum Gasteiger partial charge on any atom is -0.361 e. The highest BCUT2D eigenvalue weighted by atomic mass is 79.9. The quantitative estimate of drug-likeness (QED) is 0.698. The molecule has 2 aliphatic rings. The predicted molar refractivity (Wildman–Crippen MR) is 126 cm³/mol. The summed E-state index contributed by atoms with van der Waals surface area (Å²) in [5.74, 6) is 0.685. The topological polar surface area (TPSA) is 81.7 Å². The van der Waals surface area contributed by atoms with Gasteiger partial charge in [0.15, 0.2) is 5.82 Å². The van der Waals surface area contributed by atoms with E-state index < -0.39 is 5.92 Å². The first kappa shape index (κ1) is 21.5. The van der Waals surface area contributed by atoms with Crippen molar-refractivity contribution in [2.75, 3.05) is 53.7 Å². The number of benzene rings is 1. The molecular weight excluding hydrogens is 460 g/mol. The van der Waals surface area contributed by atoms with Gasteiger partial charge in [0.05, 0.1) is 12.1 Å². The van der Waals surface area contributed by atoms with E-state index in [2.05, 4.69) is 31.1 Å². The van der Waals surface area contributed by atoms with Gasteiger partial charge >= 0.3 is 0 Å². The molecule has 0 bridgehead atoms. The van der Waals surface area contributed by atoms with Crippen LogP contribution in [0.2, 0.25) is 0 Å². The van der Waals surface area contributed by atoms with Gasteiger partial charge in [-0.3, -0.25) is 9.59 Å². The van der Waals surface area contributed by atoms with Gasteiger partial charge in [0.25, 0.3) is 0 Å². The number of piperidine rings is 1. The van der Waals surface area contributed by atoms with Crippen molar-refractivity contribution < 1.29 is 9.59 Å². The lowest BCUT2D eigenvalue weighted by Gasteiger charge is -2.28. The monoisotopic (exact) mass is 486 g/mol. The van der Waals surface area contributed by atoms with Gasteiger partial charge in [0.2, 0.25) is 17.8 Å². The average molecular weight is 487 g/mol. The number of halogens is 1. The standard InChI is InChI=1S/C22H27BrN6O2/c1-27(2)20-18(13-24-22(26-20)28-9-4-3-5-10-28)25-21(31)15-11-19(30)29(14-15)17-8-6-7-16(23)12-17/h6-8,12-13,15H,3-5,9-11,14H2,1-2H3,(H,25,31). The molecule has 1 unspecified atom stereocenters. The predicted octanol–water partition coefficient (Wildman–Crippen LogP) is 3.29. The fourth-order valence-corrected chi connectivity index (χ4v) is 4.44. The van der Waals surface area contributed by atoms with Crippen LogP contribution < -0.4 is 20.0 Å². The van der Waals surface area contributed by atoms with Gasteiger partial charge in [-0.2, -0.15) is 4.98 Å². The minimum atomic E-state index is -0.428. The van der Waals surface area contributed by atoms with Gasteiger partial charge in [-0.05, 0) is 37.5 Å². The summed E-state index contributed by atoms with van der Waals surface area (Å²) in [6.07, 6.45) is 5.38. The fraction of sp³-hybridized carbons (Fsp3) is 0.455. The molecule has 1 N–H and O–H groups in total. The van der Waals surface area contributed by atoms with E-state index in [9.17, 15) is 9.59 Å². The Morgan fingerprint density at radius 2 is 2.00 bits per heavy atom. The van der Waals surface area contributed by atoms with Crippen molar-refractivity contribution in [3.8, 4) is 0 Å². The van der Waals surface area contributed by atoms with E-state index in [0.717, 1.165) is 36.1 Å². The van der Waals surface area contributed by atoms with Gasteiger partial charge < -0.3 is 20.0 Å². The van der Waals surface area contributed by atoms with E-state index in [1.54, 1.807) is 11.1 Å². The third-order valence-electron chi connectivity index (χ3n) is 5.69. The molecule has 1 aromatic heterocycles. The molecule has 2 aromatic rings. The molecule has 0 radical (unpaired) electrons. The number of carbonyl (C=O) groups is 2. The lowest BCUT2D eigenvalue weighted by atomic mass is 10.1. The zero-order valence-corrected chi connectivity index (χ0v) is 19.4. The molecule has 0 spiro atoms. The van der Waals surface area contributed by atoms with Gasteiger partial charge in [-0.25, -0.2) is 4.98 Å². The molecule has 2 aliphatic heterocycles. The zero-order valence-electron chi connectivity index (χ0n) is 17.8. The van der Waals surface area contributed by atoms with E-state index in [1.165, 1.54) is 6.42 Å². The van der Waals surface area contributed by atoms with Crippen molar-refractivity contribution in [3.63, 3.8) is 0 Å². The number of rotatable bonds is 5. The molecule has 1 atom stereocenters. The summed E-state index contributed by atoms with van der Waals surface area (Å²) in [6.45, 7) is 2.26. The van der Waals surface area contributed by atoms with Crippen LogP contribution >= 0.6 is 15.9 Å². The van der Waals surface area contributed by atoms with Crippen molar-refractivity contribution in [3.05, 3.63) is 34.9 Å². The van der Waals surface area contributed by atoms with E-state index in [4.69, 9.17) is 4.98 Å². The van der Waals surface area contributed by atoms with E-state index in [0.29, 0.717) is 24.0 Å². The summed E-state index contributed by atoms with van der Waals surface area (Å²) in [4.78, 5) is 40.5. The molecule has 8 nitrogen and oxygen atoms in total. The Labute approximate surface area is 190 Å². The molecule has 164 valence electrons. The number of hydrogen-bond donors (Lipinski definition) is 1. The lowest BCUT2D eigenvalue weighted by molar-refractivity contribution is -0.122. The lowest BCUT2D eigenvalue weighted by Crippen LogP contribution is -2.32. The first-order valence-electron chi connectivity index (χ1n) is 10.6. The molecule has 0 aliphatic carbocycles. The normalized spacial score (nSPS) is 18.9. The number of anilines is 4. The van der Waals surface area contributed by atoms with Gasteiger partial charge in [0.1, 0.15) is 5.69 Å². The average Bonchev–Trinajstić information content (AvgIpc) is 3.16. The maximum atomic E-state index is 13.0. The minimum absolute atomic E-state index is 0.0530. The Kier molecular flexibility index (Phi) is 6.41. The highest BCUT2D eigenvalue weighted by Crippen LogP contribution is 2.30. The van der Waals surface area contributed by atoms with Crippen molar-refractivity contribution in [1.82, 2.24) is 9.97 Å². The first-order chi connectivity index (χ1) is 14.9. The summed E-state index contributed by atoms with van der Waals surface area (Å²) in [6, 6.07) is 7.55. The molecule has 9 heteroatoms. The Balaban J connectivity index is 1.48. The second-order valence-electron chi connectivity index (χ2n) is 8.22. The Morgan fingerprint density at radius 1 is 1.23 bits per heavy atom. The van der Waals surface area contributed by atoms with Gasteiger partial charge in [0, 0.05) is 50.3 Å². The summed E-state index contributed by atoms with van der Waals surface area (Å²) < 4.78 is 0.896. The second kappa shape index (κ2) is 9.21. The van der Waals surface area contributed by atoms with Crippen LogP contribution in [0.25, 0.3) is 0 Å². The Hall–Kier alpha value is -2.68. The van der Waals surface area contributed by atoms with Crippen molar-refractivity contribution in [1.29, 1.82) is 0 Å². The van der Waals surface area contributed by atoms with Crippen LogP contribution in [0.3, 0.4) is 0 Å². The number of carbonyl (C=O) groups excluding carboxylic acids is 2. The van der Waals surface area contributed by atoms with Crippen LogP contribution in [0.4, 0.5) is 23.1 Å². The van der Waals surface area contributed by atoms with Crippen molar-refractivity contribution in [2.24, 2.45) is 5.92 Å². The summed E-state index contributed by atoms with van der Waals surface area (Å²) in [5.41, 5.74) is 1.35. The number of hydrogen-bond acceptors (Lipinski definition) is 6. The molecule has 1 aromatic carbocycles. The molecule has 4 rings (SSSR count). The molecule has 31 heavy (non-hydrogen) atoms. The largest absolute Gasteiger partial charge is 0.361 e. The van der Waals surface area contributed by atoms with E-state index in [1.807, 2.05) is 43.3 Å². The van der Waals surface area contributed by atoms with Crippen molar-refractivity contribution in [2.45, 2.75) is 25.7 Å². The number of amides is 2. The first-order valence-corrected chi connectivity index (χ1v) is 11.4. The molecular formula is C22H27BrN6O2. The molecule has 2 saturated heterocycles. The highest BCUT2D eigenvalue weighted by molar-refractivity contribution is 9.10. The van der Waals surface area contributed by atoms with Gasteiger partial charge in [-0.15, -0.1) is 0 Å². The number of nitrogens with zero attached hydrogens (tertiary/aromatic N) is 5. The van der Waals surface area contributed by atoms with Crippen LogP contribution in [-0.4, -0.2) is 55.5 Å². The summed E-state index contributed by atoms with van der Waals surface area (Å²) in [7, 11) is 3.79. The Morgan fingerprint density at radius 3 is 2.71 bits per heavy atom. The highest BCUT2D eigenvalue weighted by Gasteiger charge is 2.35. The molecule has 0 saturated carbocycles. The molecule has 2 amide bonds. The van der Waals surface area contributed by atoms with E-state index >= 15 is 0 Å². The van der Waals surface area contributed by atoms with Crippen LogP contribution in [0.15, 0.2) is 34.9 Å². The second-order valence-corrected chi connectivity index (χ2v) is 9.14. The zero-order chi connectivity index (χ0) is 22.0. The molecule has 2 fully saturated rings. The summed E-state index contributed by atoms with van der Waals surface area (Å²) >= 11 is 3.43. The third kappa shape index (κ3) is 4.81. The Bertz CT molecular complexity index is 976. The number of aromatic nitrogens is 2. The number of nitrogens with one attached hydrogen (secondary N) is 1. The fourth-order valence-electron chi connectivity index (χ4n) is 4.05. The molecule has 3 heterocycles. The van der Waals surface area contributed by atoms with Crippen LogP contribution in [0, 0.1) is 5.92 Å². The third-order valence-corrected chi connectivity index (χ3v) is 6.19. The van der Waals surface area contributed by atoms with Gasteiger partial charge in [-0.1, -0.05) is 22.0 Å². The smallest absolute Gasteiger partial charge is 0.229 e.